The maximum atomic E-state index is 13.1. The van der Waals surface area contributed by atoms with Gasteiger partial charge in [0.15, 0.2) is 0 Å². The third-order valence-electron chi connectivity index (χ3n) is 7.53. The average Bonchev–Trinajstić information content (AvgIpc) is 3.41. The number of carbonyl (C=O) groups excluding carboxylic acids is 2. The zero-order valence-electron chi connectivity index (χ0n) is 23.9. The van der Waals surface area contributed by atoms with Crippen LogP contribution < -0.4 is 10.1 Å². The summed E-state index contributed by atoms with van der Waals surface area (Å²) in [5.41, 5.74) is 1.75. The summed E-state index contributed by atoms with van der Waals surface area (Å²) in [7, 11) is 1.59. The fourth-order valence-electron chi connectivity index (χ4n) is 5.16. The van der Waals surface area contributed by atoms with Crippen molar-refractivity contribution in [3.63, 3.8) is 0 Å². The molecule has 4 aromatic rings. The van der Waals surface area contributed by atoms with Crippen LogP contribution in [0.2, 0.25) is 0 Å². The zero-order valence-corrected chi connectivity index (χ0v) is 23.9. The van der Waals surface area contributed by atoms with Gasteiger partial charge >= 0.3 is 6.18 Å². The van der Waals surface area contributed by atoms with E-state index in [1.807, 2.05) is 23.9 Å². The molecule has 1 N–H and O–H groups in total. The maximum absolute atomic E-state index is 13.1. The van der Waals surface area contributed by atoms with E-state index < -0.39 is 11.9 Å². The molecule has 1 aliphatic heterocycles. The number of nitrogens with one attached hydrogen (secondary N) is 1. The largest absolute Gasteiger partial charge is 0.439 e. The molecule has 0 saturated carbocycles. The monoisotopic (exact) mass is 595 g/mol. The van der Waals surface area contributed by atoms with Gasteiger partial charge in [-0.1, -0.05) is 6.07 Å². The third-order valence-corrected chi connectivity index (χ3v) is 7.53. The van der Waals surface area contributed by atoms with Crippen LogP contribution in [0.3, 0.4) is 0 Å². The molecule has 12 heteroatoms. The predicted octanol–water partition coefficient (Wildman–Crippen LogP) is 5.48. The van der Waals surface area contributed by atoms with Crippen molar-refractivity contribution in [2.24, 2.45) is 5.92 Å². The molecule has 0 spiro atoms. The lowest BCUT2D eigenvalue weighted by Crippen LogP contribution is -2.39. The van der Waals surface area contributed by atoms with Crippen LogP contribution in [0.25, 0.3) is 10.9 Å². The molecule has 0 atom stereocenters. The van der Waals surface area contributed by atoms with Crippen LogP contribution in [0.1, 0.15) is 44.8 Å². The van der Waals surface area contributed by atoms with Gasteiger partial charge in [0, 0.05) is 62.1 Å². The van der Waals surface area contributed by atoms with Crippen LogP contribution in [-0.4, -0.2) is 64.8 Å². The molecule has 9 nitrogen and oxygen atoms in total. The molecule has 5 rings (SSSR count). The summed E-state index contributed by atoms with van der Waals surface area (Å²) in [6, 6.07) is 13.4. The molecule has 43 heavy (non-hydrogen) atoms. The van der Waals surface area contributed by atoms with Crippen LogP contribution in [0.5, 0.6) is 11.6 Å². The summed E-state index contributed by atoms with van der Waals surface area (Å²) < 4.78 is 51.1. The van der Waals surface area contributed by atoms with Crippen molar-refractivity contribution in [2.75, 3.05) is 33.4 Å². The normalized spacial score (nSPS) is 14.2. The third kappa shape index (κ3) is 7.14. The van der Waals surface area contributed by atoms with Gasteiger partial charge in [-0.15, -0.1) is 0 Å². The number of carbonyl (C=O) groups is 2. The Morgan fingerprint density at radius 3 is 2.49 bits per heavy atom. The molecule has 0 unspecified atom stereocenters. The number of fused-ring (bicyclic) bond motifs is 1. The van der Waals surface area contributed by atoms with E-state index in [1.54, 1.807) is 42.3 Å². The number of aromatic nitrogens is 3. The zero-order chi connectivity index (χ0) is 30.6. The second-order valence-corrected chi connectivity index (χ2v) is 10.5. The molecule has 3 heterocycles. The molecule has 0 bridgehead atoms. The summed E-state index contributed by atoms with van der Waals surface area (Å²) in [6.45, 7) is 4.71. The highest BCUT2D eigenvalue weighted by atomic mass is 19.4. The van der Waals surface area contributed by atoms with Crippen molar-refractivity contribution < 1.29 is 32.2 Å². The number of amides is 2. The number of aryl methyl sites for hydroxylation is 1. The van der Waals surface area contributed by atoms with Gasteiger partial charge in [-0.3, -0.25) is 14.3 Å². The first kappa shape index (κ1) is 30.0. The van der Waals surface area contributed by atoms with Crippen LogP contribution in [0, 0.1) is 12.8 Å². The first-order valence-corrected chi connectivity index (χ1v) is 14.0. The lowest BCUT2D eigenvalue weighted by Gasteiger charge is -2.32. The van der Waals surface area contributed by atoms with Crippen molar-refractivity contribution >= 4 is 22.7 Å². The number of rotatable bonds is 9. The number of pyridine rings is 1. The summed E-state index contributed by atoms with van der Waals surface area (Å²) in [5.74, 6) is 0.184. The second-order valence-electron chi connectivity index (χ2n) is 10.5. The summed E-state index contributed by atoms with van der Waals surface area (Å²) in [6.07, 6.45) is -0.956. The van der Waals surface area contributed by atoms with E-state index >= 15 is 0 Å². The Bertz CT molecular complexity index is 1600. The van der Waals surface area contributed by atoms with Gasteiger partial charge in [0.2, 0.25) is 5.88 Å². The molecular formula is C31H32F3N5O4. The van der Waals surface area contributed by atoms with Gasteiger partial charge in [-0.05, 0) is 73.7 Å². The fourth-order valence-corrected chi connectivity index (χ4v) is 5.16. The highest BCUT2D eigenvalue weighted by Gasteiger charge is 2.32. The number of benzene rings is 2. The maximum Gasteiger partial charge on any atom is 0.433 e. The molecule has 1 saturated heterocycles. The smallest absolute Gasteiger partial charge is 0.433 e. The number of hydrogen-bond acceptors (Lipinski definition) is 6. The van der Waals surface area contributed by atoms with Crippen molar-refractivity contribution in [3.05, 3.63) is 83.2 Å². The van der Waals surface area contributed by atoms with Crippen molar-refractivity contribution in [2.45, 2.75) is 32.5 Å². The number of halogens is 3. The van der Waals surface area contributed by atoms with Crippen molar-refractivity contribution in [3.8, 4) is 11.6 Å². The van der Waals surface area contributed by atoms with E-state index in [-0.39, 0.29) is 23.4 Å². The number of alkyl halides is 3. The van der Waals surface area contributed by atoms with Crippen LogP contribution in [-0.2, 0) is 17.5 Å². The van der Waals surface area contributed by atoms with Gasteiger partial charge in [0.25, 0.3) is 11.8 Å². The van der Waals surface area contributed by atoms with Crippen molar-refractivity contribution in [1.29, 1.82) is 0 Å². The lowest BCUT2D eigenvalue weighted by molar-refractivity contribution is -0.141. The molecule has 0 aliphatic carbocycles. The SMILES string of the molecule is COCCNC(=O)c1ccc2nn(CC3CCN(C(=O)c4ccc(Oc5cccc(C(F)(F)F)n5)cc4)CC3)cc2c1C. The average molecular weight is 596 g/mol. The van der Waals surface area contributed by atoms with Crippen LogP contribution in [0.4, 0.5) is 13.2 Å². The summed E-state index contributed by atoms with van der Waals surface area (Å²) >= 11 is 0. The molecule has 1 aliphatic rings. The summed E-state index contributed by atoms with van der Waals surface area (Å²) in [5, 5.41) is 8.50. The topological polar surface area (TPSA) is 98.6 Å². The van der Waals surface area contributed by atoms with Gasteiger partial charge < -0.3 is 19.7 Å². The number of likely N-dealkylation sites (tertiary alicyclic amines) is 1. The number of piperidine rings is 1. The highest BCUT2D eigenvalue weighted by Crippen LogP contribution is 2.30. The summed E-state index contributed by atoms with van der Waals surface area (Å²) in [4.78, 5) is 31.0. The Balaban J connectivity index is 1.15. The molecule has 0 radical (unpaired) electrons. The van der Waals surface area contributed by atoms with E-state index in [4.69, 9.17) is 14.6 Å². The first-order valence-electron chi connectivity index (χ1n) is 14.0. The van der Waals surface area contributed by atoms with E-state index in [1.165, 1.54) is 12.1 Å². The number of nitrogens with zero attached hydrogens (tertiary/aromatic N) is 4. The van der Waals surface area contributed by atoms with Gasteiger partial charge in [0.05, 0.1) is 12.1 Å². The second kappa shape index (κ2) is 12.8. The minimum absolute atomic E-state index is 0.112. The number of hydrogen-bond donors (Lipinski definition) is 1. The van der Waals surface area contributed by atoms with E-state index in [2.05, 4.69) is 10.3 Å². The van der Waals surface area contributed by atoms with E-state index in [0.29, 0.717) is 49.8 Å². The predicted molar refractivity (Wildman–Crippen MR) is 153 cm³/mol. The van der Waals surface area contributed by atoms with Gasteiger partial charge in [-0.25, -0.2) is 4.98 Å². The van der Waals surface area contributed by atoms with Gasteiger partial charge in [-0.2, -0.15) is 18.3 Å². The Morgan fingerprint density at radius 2 is 1.79 bits per heavy atom. The Labute approximate surface area is 246 Å². The minimum atomic E-state index is -4.57. The molecular weight excluding hydrogens is 563 g/mol. The van der Waals surface area contributed by atoms with Gasteiger partial charge in [0.1, 0.15) is 11.4 Å². The molecule has 2 aromatic carbocycles. The van der Waals surface area contributed by atoms with E-state index in [9.17, 15) is 22.8 Å². The Morgan fingerprint density at radius 1 is 1.05 bits per heavy atom. The Kier molecular flexibility index (Phi) is 8.95. The van der Waals surface area contributed by atoms with E-state index in [0.717, 1.165) is 35.4 Å². The first-order chi connectivity index (χ1) is 20.6. The van der Waals surface area contributed by atoms with Crippen molar-refractivity contribution in [1.82, 2.24) is 25.0 Å². The van der Waals surface area contributed by atoms with Crippen LogP contribution in [0.15, 0.2) is 60.8 Å². The number of ether oxygens (including phenoxy) is 2. The fraction of sp³-hybridized carbons (Fsp3) is 0.355. The molecule has 226 valence electrons. The molecule has 2 aromatic heterocycles. The number of methoxy groups -OCH3 is 1. The standard InChI is InChI=1S/C31H32F3N5O4/c1-20-24(29(40)35-14-17-42-2)10-11-26-25(20)19-39(37-26)18-21-12-15-38(16-13-21)30(41)22-6-8-23(9-7-22)43-28-5-3-4-27(36-28)31(32,33)34/h3-11,19,21H,12-18H2,1-2H3,(H,35,40). The molecule has 1 fully saturated rings. The minimum Gasteiger partial charge on any atom is -0.439 e. The quantitative estimate of drug-likeness (QED) is 0.258. The lowest BCUT2D eigenvalue weighted by atomic mass is 9.96. The highest BCUT2D eigenvalue weighted by molar-refractivity contribution is 6.00. The Hall–Kier alpha value is -4.45. The van der Waals surface area contributed by atoms with Crippen LogP contribution >= 0.6 is 0 Å². The molecule has 2 amide bonds.